The second-order valence-electron chi connectivity index (χ2n) is 4.97. The summed E-state index contributed by atoms with van der Waals surface area (Å²) in [5.41, 5.74) is 0. The van der Waals surface area contributed by atoms with Crippen molar-refractivity contribution in [3.8, 4) is 0 Å². The third-order valence-electron chi connectivity index (χ3n) is 2.82. The third kappa shape index (κ3) is 5.71. The lowest BCUT2D eigenvalue weighted by Crippen LogP contribution is -2.23. The Morgan fingerprint density at radius 2 is 1.40 bits per heavy atom. The first-order chi connectivity index (χ1) is 6.88. The molecule has 0 radical (unpaired) electrons. The largest absolute Gasteiger partial charge is 0.299 e. The van der Waals surface area contributed by atoms with Crippen molar-refractivity contribution in [1.29, 1.82) is 0 Å². The molecule has 0 fully saturated rings. The predicted octanol–water partition coefficient (Wildman–Crippen LogP) is 3.24. The van der Waals surface area contributed by atoms with E-state index in [4.69, 9.17) is 0 Å². The van der Waals surface area contributed by atoms with Crippen molar-refractivity contribution in [1.82, 2.24) is 0 Å². The Labute approximate surface area is 93.4 Å². The first kappa shape index (κ1) is 14.3. The van der Waals surface area contributed by atoms with Crippen molar-refractivity contribution < 1.29 is 9.59 Å². The van der Waals surface area contributed by atoms with Gasteiger partial charge in [0.25, 0.3) is 0 Å². The lowest BCUT2D eigenvalue weighted by atomic mass is 9.89. The summed E-state index contributed by atoms with van der Waals surface area (Å²) in [6.45, 7) is 9.87. The van der Waals surface area contributed by atoms with E-state index in [2.05, 4.69) is 13.8 Å². The van der Waals surface area contributed by atoms with Crippen LogP contribution in [0.25, 0.3) is 0 Å². The van der Waals surface area contributed by atoms with E-state index in [1.165, 1.54) is 0 Å². The summed E-state index contributed by atoms with van der Waals surface area (Å²) in [5, 5.41) is 0. The molecule has 0 aromatic carbocycles. The number of hydrogen-bond donors (Lipinski definition) is 0. The molecule has 15 heavy (non-hydrogen) atoms. The van der Waals surface area contributed by atoms with Gasteiger partial charge in [-0.05, 0) is 18.8 Å². The zero-order valence-corrected chi connectivity index (χ0v) is 10.7. The number of carbonyl (C=O) groups is 2. The van der Waals surface area contributed by atoms with Crippen LogP contribution in [0.15, 0.2) is 0 Å². The average Bonchev–Trinajstić information content (AvgIpc) is 2.15. The smallest absolute Gasteiger partial charge is 0.143 e. The molecule has 0 heterocycles. The van der Waals surface area contributed by atoms with E-state index in [0.717, 1.165) is 6.42 Å². The maximum atomic E-state index is 11.7. The molecule has 0 aliphatic carbocycles. The Bertz CT molecular complexity index is 219. The zero-order chi connectivity index (χ0) is 12.0. The molecule has 88 valence electrons. The van der Waals surface area contributed by atoms with E-state index in [1.54, 1.807) is 6.92 Å². The van der Waals surface area contributed by atoms with Crippen LogP contribution >= 0.6 is 0 Å². The summed E-state index contributed by atoms with van der Waals surface area (Å²) < 4.78 is 0. The number of hydrogen-bond acceptors (Lipinski definition) is 2. The van der Waals surface area contributed by atoms with E-state index in [9.17, 15) is 9.59 Å². The summed E-state index contributed by atoms with van der Waals surface area (Å²) in [7, 11) is 0. The van der Waals surface area contributed by atoms with Gasteiger partial charge >= 0.3 is 0 Å². The number of rotatable bonds is 7. The highest BCUT2D eigenvalue weighted by Gasteiger charge is 2.22. The third-order valence-corrected chi connectivity index (χ3v) is 2.82. The first-order valence-corrected chi connectivity index (χ1v) is 5.93. The normalized spacial score (nSPS) is 15.1. The molecule has 0 spiro atoms. The van der Waals surface area contributed by atoms with Crippen molar-refractivity contribution in [3.63, 3.8) is 0 Å². The number of Topliss-reactive ketones (excluding diaryl/α,β-unsaturated/α-hetero) is 2. The van der Waals surface area contributed by atoms with Gasteiger partial charge in [0.2, 0.25) is 0 Å². The Morgan fingerprint density at radius 3 is 1.80 bits per heavy atom. The SMILES string of the molecule is CCC(C)CC(=O)C(C)C(=O)CC(C)C. The summed E-state index contributed by atoms with van der Waals surface area (Å²) >= 11 is 0. The highest BCUT2D eigenvalue weighted by atomic mass is 16.1. The standard InChI is InChI=1S/C13H24O2/c1-6-10(4)8-13(15)11(5)12(14)7-9(2)3/h9-11H,6-8H2,1-5H3. The lowest BCUT2D eigenvalue weighted by Gasteiger charge is -2.13. The Balaban J connectivity index is 4.13. The van der Waals surface area contributed by atoms with Crippen LogP contribution in [0.4, 0.5) is 0 Å². The molecule has 0 saturated carbocycles. The molecule has 2 unspecified atom stereocenters. The van der Waals surface area contributed by atoms with Gasteiger partial charge in [0, 0.05) is 12.8 Å². The van der Waals surface area contributed by atoms with E-state index < -0.39 is 5.92 Å². The van der Waals surface area contributed by atoms with Crippen molar-refractivity contribution in [2.24, 2.45) is 17.8 Å². The summed E-state index contributed by atoms with van der Waals surface area (Å²) in [4.78, 5) is 23.4. The van der Waals surface area contributed by atoms with Gasteiger partial charge in [-0.2, -0.15) is 0 Å². The Hall–Kier alpha value is -0.660. The average molecular weight is 212 g/mol. The van der Waals surface area contributed by atoms with Gasteiger partial charge in [-0.25, -0.2) is 0 Å². The van der Waals surface area contributed by atoms with Crippen LogP contribution in [-0.2, 0) is 9.59 Å². The summed E-state index contributed by atoms with van der Waals surface area (Å²) in [5.74, 6) is 0.540. The molecule has 0 aliphatic rings. The van der Waals surface area contributed by atoms with Gasteiger partial charge in [-0.1, -0.05) is 34.1 Å². The molecule has 2 atom stereocenters. The number of carbonyl (C=O) groups excluding carboxylic acids is 2. The highest BCUT2D eigenvalue weighted by Crippen LogP contribution is 2.15. The van der Waals surface area contributed by atoms with Crippen LogP contribution in [0.2, 0.25) is 0 Å². The second-order valence-corrected chi connectivity index (χ2v) is 4.97. The molecule has 2 nitrogen and oxygen atoms in total. The monoisotopic (exact) mass is 212 g/mol. The Kier molecular flexibility index (Phi) is 6.46. The van der Waals surface area contributed by atoms with Gasteiger partial charge in [0.15, 0.2) is 0 Å². The predicted molar refractivity (Wildman–Crippen MR) is 62.7 cm³/mol. The maximum absolute atomic E-state index is 11.7. The molecule has 0 saturated heterocycles. The van der Waals surface area contributed by atoms with Crippen molar-refractivity contribution in [2.75, 3.05) is 0 Å². The van der Waals surface area contributed by atoms with E-state index in [1.807, 2.05) is 13.8 Å². The minimum Gasteiger partial charge on any atom is -0.299 e. The Morgan fingerprint density at radius 1 is 0.933 bits per heavy atom. The quantitative estimate of drug-likeness (QED) is 0.607. The molecule has 0 aliphatic heterocycles. The highest BCUT2D eigenvalue weighted by molar-refractivity contribution is 6.02. The topological polar surface area (TPSA) is 34.1 Å². The van der Waals surface area contributed by atoms with Crippen LogP contribution in [0, 0.1) is 17.8 Å². The second kappa shape index (κ2) is 6.76. The van der Waals surface area contributed by atoms with Crippen molar-refractivity contribution in [3.05, 3.63) is 0 Å². The maximum Gasteiger partial charge on any atom is 0.143 e. The van der Waals surface area contributed by atoms with E-state index in [-0.39, 0.29) is 11.6 Å². The van der Waals surface area contributed by atoms with Gasteiger partial charge in [0.1, 0.15) is 11.6 Å². The molecule has 0 aromatic rings. The van der Waals surface area contributed by atoms with Crippen LogP contribution in [0.1, 0.15) is 53.9 Å². The molecule has 2 heteroatoms. The van der Waals surface area contributed by atoms with Gasteiger partial charge < -0.3 is 0 Å². The molecular weight excluding hydrogens is 188 g/mol. The van der Waals surface area contributed by atoms with Crippen LogP contribution in [0.3, 0.4) is 0 Å². The van der Waals surface area contributed by atoms with Gasteiger partial charge in [0.05, 0.1) is 5.92 Å². The fourth-order valence-corrected chi connectivity index (χ4v) is 1.42. The van der Waals surface area contributed by atoms with Crippen molar-refractivity contribution in [2.45, 2.75) is 53.9 Å². The van der Waals surface area contributed by atoms with Crippen LogP contribution in [0.5, 0.6) is 0 Å². The fraction of sp³-hybridized carbons (Fsp3) is 0.846. The van der Waals surface area contributed by atoms with Crippen LogP contribution < -0.4 is 0 Å². The lowest BCUT2D eigenvalue weighted by molar-refractivity contribution is -0.132. The number of ketones is 2. The molecule has 0 amide bonds. The molecule has 0 N–H and O–H groups in total. The zero-order valence-electron chi connectivity index (χ0n) is 10.7. The van der Waals surface area contributed by atoms with E-state index in [0.29, 0.717) is 24.7 Å². The molecule has 0 bridgehead atoms. The molecular formula is C13H24O2. The van der Waals surface area contributed by atoms with Gasteiger partial charge in [-0.15, -0.1) is 0 Å². The summed E-state index contributed by atoms with van der Waals surface area (Å²) in [6.07, 6.45) is 2.06. The molecule has 0 rings (SSSR count). The minimum atomic E-state index is -0.401. The minimum absolute atomic E-state index is 0.0957. The first-order valence-electron chi connectivity index (χ1n) is 5.93. The van der Waals surface area contributed by atoms with Gasteiger partial charge in [-0.3, -0.25) is 9.59 Å². The summed E-state index contributed by atoms with van der Waals surface area (Å²) in [6, 6.07) is 0. The van der Waals surface area contributed by atoms with Crippen LogP contribution in [-0.4, -0.2) is 11.6 Å². The van der Waals surface area contributed by atoms with E-state index >= 15 is 0 Å². The van der Waals surface area contributed by atoms with Crippen molar-refractivity contribution >= 4 is 11.6 Å². The fourth-order valence-electron chi connectivity index (χ4n) is 1.42. The molecule has 0 aromatic heterocycles.